The first-order valence-electron chi connectivity index (χ1n) is 9.01. The summed E-state index contributed by atoms with van der Waals surface area (Å²) in [5, 5.41) is 3.54. The number of nitrogens with one attached hydrogen (secondary N) is 1. The highest BCUT2D eigenvalue weighted by atomic mass is 16.5. The highest BCUT2D eigenvalue weighted by molar-refractivity contribution is 5.92. The molecule has 1 aromatic heterocycles. The largest absolute Gasteiger partial charge is 0.378 e. The molecule has 7 heteroatoms. The monoisotopic (exact) mass is 331 g/mol. The maximum atomic E-state index is 12.6. The van der Waals surface area contributed by atoms with E-state index in [-0.39, 0.29) is 5.91 Å². The highest BCUT2D eigenvalue weighted by Crippen LogP contribution is 2.28. The molecule has 4 heterocycles. The number of carbonyl (C=O) groups excluding carboxylic acids is 1. The van der Waals surface area contributed by atoms with Crippen LogP contribution in [-0.2, 0) is 4.74 Å². The van der Waals surface area contributed by atoms with E-state index in [0.717, 1.165) is 6.42 Å². The minimum absolute atomic E-state index is 0.0550. The van der Waals surface area contributed by atoms with E-state index in [9.17, 15) is 4.79 Å². The van der Waals surface area contributed by atoms with Gasteiger partial charge in [0.1, 0.15) is 11.5 Å². The Labute approximate surface area is 142 Å². The number of nitrogens with zero attached hydrogens (tertiary/aromatic N) is 4. The SMILES string of the molecule is O=C(c1cncc(N[C@H]2CCCN3CCC[C@@H]23)n1)N1CCOCC1. The third kappa shape index (κ3) is 3.23. The summed E-state index contributed by atoms with van der Waals surface area (Å²) in [6.07, 6.45) is 8.19. The summed E-state index contributed by atoms with van der Waals surface area (Å²) >= 11 is 0. The van der Waals surface area contributed by atoms with Gasteiger partial charge >= 0.3 is 0 Å². The summed E-state index contributed by atoms with van der Waals surface area (Å²) in [6.45, 7) is 4.86. The summed E-state index contributed by atoms with van der Waals surface area (Å²) in [5.41, 5.74) is 0.418. The second-order valence-corrected chi connectivity index (χ2v) is 6.83. The molecule has 3 aliphatic heterocycles. The maximum Gasteiger partial charge on any atom is 0.274 e. The molecule has 3 saturated heterocycles. The molecule has 1 aromatic rings. The topological polar surface area (TPSA) is 70.6 Å². The van der Waals surface area contributed by atoms with Crippen molar-refractivity contribution in [1.82, 2.24) is 19.8 Å². The Morgan fingerprint density at radius 3 is 2.75 bits per heavy atom. The molecule has 24 heavy (non-hydrogen) atoms. The minimum Gasteiger partial charge on any atom is -0.378 e. The van der Waals surface area contributed by atoms with E-state index in [0.29, 0.717) is 49.9 Å². The number of rotatable bonds is 3. The fourth-order valence-corrected chi connectivity index (χ4v) is 4.12. The van der Waals surface area contributed by atoms with Gasteiger partial charge in [-0.2, -0.15) is 0 Å². The first-order chi connectivity index (χ1) is 11.8. The average molecular weight is 331 g/mol. The van der Waals surface area contributed by atoms with Gasteiger partial charge in [0.15, 0.2) is 0 Å². The summed E-state index contributed by atoms with van der Waals surface area (Å²) < 4.78 is 5.30. The van der Waals surface area contributed by atoms with E-state index in [4.69, 9.17) is 4.74 Å². The molecule has 0 saturated carbocycles. The molecule has 1 N–H and O–H groups in total. The number of hydrogen-bond donors (Lipinski definition) is 1. The molecular formula is C17H25N5O2. The van der Waals surface area contributed by atoms with Crippen LogP contribution in [0.25, 0.3) is 0 Å². The first kappa shape index (κ1) is 15.8. The van der Waals surface area contributed by atoms with E-state index in [1.807, 2.05) is 0 Å². The van der Waals surface area contributed by atoms with Crippen LogP contribution >= 0.6 is 0 Å². The van der Waals surface area contributed by atoms with Crippen molar-refractivity contribution >= 4 is 11.7 Å². The molecule has 7 nitrogen and oxygen atoms in total. The zero-order valence-corrected chi connectivity index (χ0v) is 14.0. The van der Waals surface area contributed by atoms with Crippen molar-refractivity contribution in [3.05, 3.63) is 18.1 Å². The number of hydrogen-bond acceptors (Lipinski definition) is 6. The number of aromatic nitrogens is 2. The quantitative estimate of drug-likeness (QED) is 0.891. The van der Waals surface area contributed by atoms with Crippen LogP contribution < -0.4 is 5.32 Å². The lowest BCUT2D eigenvalue weighted by Gasteiger charge is -2.37. The smallest absolute Gasteiger partial charge is 0.274 e. The van der Waals surface area contributed by atoms with Crippen molar-refractivity contribution in [1.29, 1.82) is 0 Å². The van der Waals surface area contributed by atoms with Gasteiger partial charge in [0, 0.05) is 25.2 Å². The van der Waals surface area contributed by atoms with E-state index in [1.165, 1.54) is 32.4 Å². The lowest BCUT2D eigenvalue weighted by Crippen LogP contribution is -2.47. The Hall–Kier alpha value is -1.73. The van der Waals surface area contributed by atoms with Crippen LogP contribution in [0, 0.1) is 0 Å². The number of fused-ring (bicyclic) bond motifs is 1. The molecule has 1 amide bonds. The molecule has 0 bridgehead atoms. The minimum atomic E-state index is -0.0550. The molecule has 0 spiro atoms. The molecular weight excluding hydrogens is 306 g/mol. The molecule has 4 rings (SSSR count). The van der Waals surface area contributed by atoms with Gasteiger partial charge in [-0.15, -0.1) is 0 Å². The first-order valence-corrected chi connectivity index (χ1v) is 9.01. The summed E-state index contributed by atoms with van der Waals surface area (Å²) in [7, 11) is 0. The van der Waals surface area contributed by atoms with E-state index < -0.39 is 0 Å². The van der Waals surface area contributed by atoms with Crippen LogP contribution in [0.1, 0.15) is 36.2 Å². The van der Waals surface area contributed by atoms with Crippen LogP contribution in [0.4, 0.5) is 5.82 Å². The Kier molecular flexibility index (Phi) is 4.62. The second-order valence-electron chi connectivity index (χ2n) is 6.83. The van der Waals surface area contributed by atoms with Crippen LogP contribution in [-0.4, -0.2) is 77.2 Å². The van der Waals surface area contributed by atoms with Crippen molar-refractivity contribution < 1.29 is 9.53 Å². The molecule has 130 valence electrons. The van der Waals surface area contributed by atoms with Gasteiger partial charge in [0.25, 0.3) is 5.91 Å². The van der Waals surface area contributed by atoms with Gasteiger partial charge < -0.3 is 15.0 Å². The maximum absolute atomic E-state index is 12.6. The molecule has 0 aromatic carbocycles. The number of morpholine rings is 1. The Bertz CT molecular complexity index is 590. The lowest BCUT2D eigenvalue weighted by atomic mass is 9.96. The molecule has 3 fully saturated rings. The highest BCUT2D eigenvalue weighted by Gasteiger charge is 2.34. The molecule has 3 aliphatic rings. The summed E-state index contributed by atoms with van der Waals surface area (Å²) in [4.78, 5) is 25.7. The number of ether oxygens (including phenoxy) is 1. The van der Waals surface area contributed by atoms with Crippen LogP contribution in [0.3, 0.4) is 0 Å². The van der Waals surface area contributed by atoms with E-state index >= 15 is 0 Å². The average Bonchev–Trinajstić information content (AvgIpc) is 3.12. The van der Waals surface area contributed by atoms with Crippen molar-refractivity contribution in [2.75, 3.05) is 44.7 Å². The van der Waals surface area contributed by atoms with Crippen LogP contribution in [0.5, 0.6) is 0 Å². The number of carbonyl (C=O) groups is 1. The van der Waals surface area contributed by atoms with Gasteiger partial charge in [-0.05, 0) is 38.8 Å². The van der Waals surface area contributed by atoms with Gasteiger partial charge in [-0.1, -0.05) is 0 Å². The molecule has 0 radical (unpaired) electrons. The van der Waals surface area contributed by atoms with E-state index in [1.54, 1.807) is 17.3 Å². The van der Waals surface area contributed by atoms with Gasteiger partial charge in [0.2, 0.25) is 0 Å². The molecule has 2 atom stereocenters. The van der Waals surface area contributed by atoms with Crippen molar-refractivity contribution in [3.8, 4) is 0 Å². The van der Waals surface area contributed by atoms with E-state index in [2.05, 4.69) is 20.2 Å². The third-order valence-corrected chi connectivity index (χ3v) is 5.32. The number of anilines is 1. The van der Waals surface area contributed by atoms with Crippen LogP contribution in [0.2, 0.25) is 0 Å². The van der Waals surface area contributed by atoms with Gasteiger partial charge in [-0.3, -0.25) is 14.7 Å². The lowest BCUT2D eigenvalue weighted by molar-refractivity contribution is 0.0299. The van der Waals surface area contributed by atoms with Crippen molar-refractivity contribution in [3.63, 3.8) is 0 Å². The van der Waals surface area contributed by atoms with Gasteiger partial charge in [-0.25, -0.2) is 4.98 Å². The fourth-order valence-electron chi connectivity index (χ4n) is 4.12. The van der Waals surface area contributed by atoms with Crippen molar-refractivity contribution in [2.45, 2.75) is 37.8 Å². The second kappa shape index (κ2) is 7.03. The fraction of sp³-hybridized carbons (Fsp3) is 0.706. The number of amides is 1. The predicted molar refractivity (Wildman–Crippen MR) is 90.0 cm³/mol. The summed E-state index contributed by atoms with van der Waals surface area (Å²) in [6, 6.07) is 1.00. The molecule has 0 unspecified atom stereocenters. The Balaban J connectivity index is 1.45. The predicted octanol–water partition coefficient (Wildman–Crippen LogP) is 0.988. The standard InChI is InChI=1S/C17H25N5O2/c23-17(22-7-9-24-10-8-22)14-11-18-12-16(20-14)19-13-3-1-5-21-6-2-4-15(13)21/h11-13,15H,1-10H2,(H,19,20)/t13-,15-/m0/s1. The Morgan fingerprint density at radius 1 is 1.12 bits per heavy atom. The van der Waals surface area contributed by atoms with Gasteiger partial charge in [0.05, 0.1) is 25.6 Å². The normalized spacial score (nSPS) is 27.8. The number of piperidine rings is 1. The summed E-state index contributed by atoms with van der Waals surface area (Å²) in [5.74, 6) is 0.661. The van der Waals surface area contributed by atoms with Crippen LogP contribution in [0.15, 0.2) is 12.4 Å². The third-order valence-electron chi connectivity index (χ3n) is 5.32. The van der Waals surface area contributed by atoms with Crippen molar-refractivity contribution in [2.24, 2.45) is 0 Å². The zero-order valence-electron chi connectivity index (χ0n) is 14.0. The Morgan fingerprint density at radius 2 is 1.92 bits per heavy atom. The molecule has 0 aliphatic carbocycles. The zero-order chi connectivity index (χ0) is 16.4.